The summed E-state index contributed by atoms with van der Waals surface area (Å²) in [5.41, 5.74) is 0. The molecule has 0 radical (unpaired) electrons. The number of nitrogens with one attached hydrogen (secondary N) is 2. The van der Waals surface area contributed by atoms with Crippen molar-refractivity contribution in [3.63, 3.8) is 0 Å². The van der Waals surface area contributed by atoms with Crippen LogP contribution in [0, 0.1) is 17.5 Å². The second kappa shape index (κ2) is 8.74. The van der Waals surface area contributed by atoms with Crippen LogP contribution >= 0.6 is 12.4 Å². The quantitative estimate of drug-likeness (QED) is 0.554. The highest BCUT2D eigenvalue weighted by Gasteiger charge is 2.44. The van der Waals surface area contributed by atoms with Gasteiger partial charge in [-0.3, -0.25) is 4.90 Å². The third-order valence-corrected chi connectivity index (χ3v) is 5.17. The maximum atomic E-state index is 13.6. The summed E-state index contributed by atoms with van der Waals surface area (Å²) < 4.78 is 105. The van der Waals surface area contributed by atoms with Gasteiger partial charge in [0.15, 0.2) is 17.5 Å². The summed E-state index contributed by atoms with van der Waals surface area (Å²) in [5.74, 6) is -5.61. The van der Waals surface area contributed by atoms with Crippen LogP contribution in [0.5, 0.6) is 0 Å². The molecule has 0 spiro atoms. The second-order valence-corrected chi connectivity index (χ2v) is 7.10. The van der Waals surface area contributed by atoms with Crippen molar-refractivity contribution in [3.8, 4) is 0 Å². The molecule has 1 atom stereocenters. The Morgan fingerprint density at radius 2 is 1.69 bits per heavy atom. The van der Waals surface area contributed by atoms with Gasteiger partial charge < -0.3 is 5.32 Å². The number of halogens is 7. The first-order valence-electron chi connectivity index (χ1n) is 7.18. The molecule has 1 saturated heterocycles. The molecule has 1 aliphatic rings. The van der Waals surface area contributed by atoms with Gasteiger partial charge in [-0.05, 0) is 12.1 Å². The van der Waals surface area contributed by atoms with Gasteiger partial charge in [-0.25, -0.2) is 26.3 Å². The largest absolute Gasteiger partial charge is 0.405 e. The Morgan fingerprint density at radius 1 is 1.12 bits per heavy atom. The van der Waals surface area contributed by atoms with Crippen molar-refractivity contribution in [2.24, 2.45) is 0 Å². The van der Waals surface area contributed by atoms with Crippen LogP contribution in [0.15, 0.2) is 17.0 Å². The van der Waals surface area contributed by atoms with Crippen molar-refractivity contribution < 1.29 is 34.8 Å². The third-order valence-electron chi connectivity index (χ3n) is 3.73. The van der Waals surface area contributed by atoms with Gasteiger partial charge in [0.25, 0.3) is 0 Å². The van der Waals surface area contributed by atoms with Gasteiger partial charge in [-0.2, -0.15) is 13.2 Å². The second-order valence-electron chi connectivity index (χ2n) is 5.37. The summed E-state index contributed by atoms with van der Waals surface area (Å²) in [6, 6.07) is -1.30. The number of hydrogen-bond donors (Lipinski definition) is 2. The molecule has 1 fully saturated rings. The molecular formula is C13H16ClF6N3O2S. The molecular weight excluding hydrogens is 412 g/mol. The Hall–Kier alpha value is -1.08. The van der Waals surface area contributed by atoms with Gasteiger partial charge in [-0.15, -0.1) is 12.4 Å². The lowest BCUT2D eigenvalue weighted by Gasteiger charge is -2.35. The highest BCUT2D eigenvalue weighted by molar-refractivity contribution is 7.89. The van der Waals surface area contributed by atoms with E-state index in [0.29, 0.717) is 25.2 Å². The Balaban J connectivity index is 0.00000338. The molecule has 1 heterocycles. The number of hydrogen-bond acceptors (Lipinski definition) is 4. The first kappa shape index (κ1) is 23.0. The Morgan fingerprint density at radius 3 is 2.23 bits per heavy atom. The summed E-state index contributed by atoms with van der Waals surface area (Å²) in [6.07, 6.45) is -4.73. The van der Waals surface area contributed by atoms with E-state index >= 15 is 0 Å². The molecule has 0 amide bonds. The molecule has 2 rings (SSSR count). The van der Waals surface area contributed by atoms with Crippen molar-refractivity contribution in [1.82, 2.24) is 14.9 Å². The van der Waals surface area contributed by atoms with Crippen LogP contribution in [0.1, 0.15) is 0 Å². The lowest BCUT2D eigenvalue weighted by atomic mass is 10.2. The molecule has 0 saturated carbocycles. The fourth-order valence-corrected chi connectivity index (χ4v) is 3.53. The predicted molar refractivity (Wildman–Crippen MR) is 83.0 cm³/mol. The highest BCUT2D eigenvalue weighted by Crippen LogP contribution is 2.26. The molecule has 1 aliphatic heterocycles. The molecule has 1 aromatic carbocycles. The van der Waals surface area contributed by atoms with Crippen LogP contribution in [0.3, 0.4) is 0 Å². The maximum Gasteiger partial charge on any atom is 0.405 e. The Bertz CT molecular complexity index is 725. The van der Waals surface area contributed by atoms with Crippen molar-refractivity contribution in [1.29, 1.82) is 0 Å². The van der Waals surface area contributed by atoms with Crippen LogP contribution in [-0.4, -0.2) is 58.3 Å². The summed E-state index contributed by atoms with van der Waals surface area (Å²) in [6.45, 7) is -0.380. The van der Waals surface area contributed by atoms with Crippen LogP contribution < -0.4 is 10.0 Å². The molecule has 26 heavy (non-hydrogen) atoms. The van der Waals surface area contributed by atoms with Gasteiger partial charge in [0.2, 0.25) is 10.0 Å². The van der Waals surface area contributed by atoms with E-state index in [1.54, 1.807) is 4.72 Å². The minimum atomic E-state index is -4.80. The van der Waals surface area contributed by atoms with E-state index in [1.165, 1.54) is 0 Å². The normalized spacial score (nSPS) is 17.6. The van der Waals surface area contributed by atoms with Crippen molar-refractivity contribution in [2.75, 3.05) is 32.7 Å². The smallest absolute Gasteiger partial charge is 0.314 e. The predicted octanol–water partition coefficient (Wildman–Crippen LogP) is 1.64. The Kier molecular flexibility index (Phi) is 7.72. The average molecular weight is 428 g/mol. The van der Waals surface area contributed by atoms with Gasteiger partial charge in [-0.1, -0.05) is 0 Å². The summed E-state index contributed by atoms with van der Waals surface area (Å²) in [5, 5.41) is 2.86. The SMILES string of the molecule is Cl.O=S(=O)(NCC(N1CCNCC1)C(F)(F)F)c1ccc(F)c(F)c1F. The zero-order valence-corrected chi connectivity index (χ0v) is 14.7. The van der Waals surface area contributed by atoms with E-state index in [9.17, 15) is 34.8 Å². The molecule has 13 heteroatoms. The number of alkyl halides is 3. The lowest BCUT2D eigenvalue weighted by molar-refractivity contribution is -0.182. The number of sulfonamides is 1. The third kappa shape index (κ3) is 5.22. The first-order valence-corrected chi connectivity index (χ1v) is 8.67. The van der Waals surface area contributed by atoms with Crippen LogP contribution in [-0.2, 0) is 10.0 Å². The summed E-state index contributed by atoms with van der Waals surface area (Å²) in [7, 11) is -4.80. The molecule has 0 aromatic heterocycles. The molecule has 2 N–H and O–H groups in total. The first-order chi connectivity index (χ1) is 11.5. The van der Waals surface area contributed by atoms with Gasteiger partial charge >= 0.3 is 6.18 Å². The fraction of sp³-hybridized carbons (Fsp3) is 0.538. The number of piperazine rings is 1. The fourth-order valence-electron chi connectivity index (χ4n) is 2.43. The van der Waals surface area contributed by atoms with Gasteiger partial charge in [0.05, 0.1) is 0 Å². The van der Waals surface area contributed by atoms with Crippen molar-refractivity contribution in [3.05, 3.63) is 29.6 Å². The molecule has 0 bridgehead atoms. The summed E-state index contributed by atoms with van der Waals surface area (Å²) in [4.78, 5) is -0.215. The zero-order chi connectivity index (χ0) is 18.8. The van der Waals surface area contributed by atoms with Crippen molar-refractivity contribution >= 4 is 22.4 Å². The lowest BCUT2D eigenvalue weighted by Crippen LogP contribution is -2.57. The van der Waals surface area contributed by atoms with E-state index in [4.69, 9.17) is 0 Å². The molecule has 150 valence electrons. The monoisotopic (exact) mass is 427 g/mol. The van der Waals surface area contributed by atoms with E-state index in [2.05, 4.69) is 5.32 Å². The highest BCUT2D eigenvalue weighted by atomic mass is 35.5. The standard InChI is InChI=1S/C13H15F6N3O2S.ClH/c14-8-1-2-9(12(16)11(8)15)25(23,24)21-7-10(13(17,18)19)22-5-3-20-4-6-22;/h1-2,10,20-21H,3-7H2;1H. The zero-order valence-electron chi connectivity index (χ0n) is 13.1. The number of rotatable bonds is 5. The average Bonchev–Trinajstić information content (AvgIpc) is 2.52. The maximum absolute atomic E-state index is 13.6. The topological polar surface area (TPSA) is 61.4 Å². The van der Waals surface area contributed by atoms with Crippen LogP contribution in [0.2, 0.25) is 0 Å². The molecule has 5 nitrogen and oxygen atoms in total. The molecule has 1 aromatic rings. The molecule has 1 unspecified atom stereocenters. The minimum Gasteiger partial charge on any atom is -0.314 e. The summed E-state index contributed by atoms with van der Waals surface area (Å²) >= 11 is 0. The van der Waals surface area contributed by atoms with Gasteiger partial charge in [0, 0.05) is 32.7 Å². The van der Waals surface area contributed by atoms with E-state index in [0.717, 1.165) is 4.90 Å². The number of benzene rings is 1. The minimum absolute atomic E-state index is 0. The van der Waals surface area contributed by atoms with E-state index in [-0.39, 0.29) is 25.5 Å². The van der Waals surface area contributed by atoms with Crippen LogP contribution in [0.25, 0.3) is 0 Å². The molecule has 0 aliphatic carbocycles. The van der Waals surface area contributed by atoms with E-state index < -0.39 is 51.1 Å². The van der Waals surface area contributed by atoms with E-state index in [1.807, 2.05) is 0 Å². The number of nitrogens with zero attached hydrogens (tertiary/aromatic N) is 1. The van der Waals surface area contributed by atoms with Crippen LogP contribution in [0.4, 0.5) is 26.3 Å². The van der Waals surface area contributed by atoms with Crippen molar-refractivity contribution in [2.45, 2.75) is 17.1 Å². The van der Waals surface area contributed by atoms with Gasteiger partial charge in [0.1, 0.15) is 10.9 Å². The Labute approximate surface area is 152 Å².